The third-order valence-corrected chi connectivity index (χ3v) is 9.79. The third-order valence-electron chi connectivity index (χ3n) is 9.79. The summed E-state index contributed by atoms with van der Waals surface area (Å²) in [6.07, 6.45) is 11.1. The van der Waals surface area contributed by atoms with Crippen LogP contribution in [0.25, 0.3) is 0 Å². The van der Waals surface area contributed by atoms with Crippen molar-refractivity contribution in [3.05, 3.63) is 0 Å². The molecule has 0 radical (unpaired) electrons. The summed E-state index contributed by atoms with van der Waals surface area (Å²) in [6, 6.07) is 0. The van der Waals surface area contributed by atoms with Crippen LogP contribution in [0, 0.1) is 28.1 Å². The molecule has 3 aliphatic rings. The molecule has 4 unspecified atom stereocenters. The lowest BCUT2D eigenvalue weighted by Gasteiger charge is -2.44. The first kappa shape index (κ1) is 22.6. The summed E-state index contributed by atoms with van der Waals surface area (Å²) in [7, 11) is 0. The molecule has 28 heavy (non-hydrogen) atoms. The van der Waals surface area contributed by atoms with Gasteiger partial charge in [-0.1, -0.05) is 61.3 Å². The zero-order valence-corrected chi connectivity index (χ0v) is 19.8. The summed E-state index contributed by atoms with van der Waals surface area (Å²) in [5.41, 5.74) is 13.5. The highest BCUT2D eigenvalue weighted by Gasteiger charge is 2.61. The quantitative estimate of drug-likeness (QED) is 0.568. The van der Waals surface area contributed by atoms with Crippen molar-refractivity contribution >= 4 is 0 Å². The zero-order chi connectivity index (χ0) is 21.2. The van der Waals surface area contributed by atoms with Crippen molar-refractivity contribution in [1.29, 1.82) is 0 Å². The van der Waals surface area contributed by atoms with Crippen LogP contribution in [-0.4, -0.2) is 21.8 Å². The summed E-state index contributed by atoms with van der Waals surface area (Å²) in [4.78, 5) is 0. The van der Waals surface area contributed by atoms with Crippen LogP contribution in [0.15, 0.2) is 0 Å². The molecule has 0 aromatic carbocycles. The van der Waals surface area contributed by atoms with Gasteiger partial charge in [0, 0.05) is 11.1 Å². The Bertz CT molecular complexity index is 584. The molecular formula is C25H48N2O. The van der Waals surface area contributed by atoms with E-state index in [4.69, 9.17) is 11.5 Å². The first-order chi connectivity index (χ1) is 12.6. The van der Waals surface area contributed by atoms with Gasteiger partial charge in [0.05, 0.1) is 5.60 Å². The highest BCUT2D eigenvalue weighted by atomic mass is 16.3. The fraction of sp³-hybridized carbons (Fsp3) is 1.00. The van der Waals surface area contributed by atoms with Crippen LogP contribution in [0.2, 0.25) is 0 Å². The Morgan fingerprint density at radius 3 is 1.89 bits per heavy atom. The van der Waals surface area contributed by atoms with Gasteiger partial charge in [-0.15, -0.1) is 0 Å². The molecule has 5 N–H and O–H groups in total. The third kappa shape index (κ3) is 3.69. The van der Waals surface area contributed by atoms with E-state index >= 15 is 0 Å². The Kier molecular flexibility index (Phi) is 5.39. The van der Waals surface area contributed by atoms with Crippen LogP contribution in [0.3, 0.4) is 0 Å². The summed E-state index contributed by atoms with van der Waals surface area (Å²) >= 11 is 0. The SMILES string of the molecule is CC(C)(C)C1(N)CC1CC(C)(C)C1(N)CCC(CC(C)(C)C2(O)CCCC2)C1. The fourth-order valence-corrected chi connectivity index (χ4v) is 6.86. The molecule has 0 saturated heterocycles. The van der Waals surface area contributed by atoms with E-state index < -0.39 is 5.60 Å². The van der Waals surface area contributed by atoms with Crippen molar-refractivity contribution in [2.24, 2.45) is 39.5 Å². The van der Waals surface area contributed by atoms with Gasteiger partial charge in [0.1, 0.15) is 0 Å². The topological polar surface area (TPSA) is 72.3 Å². The average molecular weight is 393 g/mol. The Morgan fingerprint density at radius 2 is 1.39 bits per heavy atom. The van der Waals surface area contributed by atoms with Crippen LogP contribution in [0.1, 0.15) is 113 Å². The Hall–Kier alpha value is -0.120. The van der Waals surface area contributed by atoms with E-state index in [1.807, 2.05) is 0 Å². The minimum atomic E-state index is -0.470. The maximum atomic E-state index is 11.2. The summed E-state index contributed by atoms with van der Waals surface area (Å²) in [5, 5.41) is 11.2. The maximum absolute atomic E-state index is 11.2. The summed E-state index contributed by atoms with van der Waals surface area (Å²) < 4.78 is 0. The van der Waals surface area contributed by atoms with Crippen molar-refractivity contribution in [2.45, 2.75) is 129 Å². The van der Waals surface area contributed by atoms with Gasteiger partial charge in [0.25, 0.3) is 0 Å². The van der Waals surface area contributed by atoms with Gasteiger partial charge >= 0.3 is 0 Å². The second-order valence-corrected chi connectivity index (χ2v) is 13.4. The highest BCUT2D eigenvalue weighted by molar-refractivity contribution is 5.17. The Morgan fingerprint density at radius 1 is 0.821 bits per heavy atom. The van der Waals surface area contributed by atoms with Crippen LogP contribution in [-0.2, 0) is 0 Å². The number of nitrogens with two attached hydrogens (primary N) is 2. The van der Waals surface area contributed by atoms with Crippen LogP contribution in [0.4, 0.5) is 0 Å². The molecule has 0 amide bonds. The molecule has 0 bridgehead atoms. The Labute approximate surface area is 174 Å². The van der Waals surface area contributed by atoms with Gasteiger partial charge < -0.3 is 16.6 Å². The molecule has 3 rings (SSSR count). The molecule has 3 nitrogen and oxygen atoms in total. The maximum Gasteiger partial charge on any atom is 0.0698 e. The zero-order valence-electron chi connectivity index (χ0n) is 19.8. The molecule has 0 aliphatic heterocycles. The van der Waals surface area contributed by atoms with Gasteiger partial charge in [-0.2, -0.15) is 0 Å². The van der Waals surface area contributed by atoms with Gasteiger partial charge in [-0.05, 0) is 79.4 Å². The smallest absolute Gasteiger partial charge is 0.0698 e. The van der Waals surface area contributed by atoms with E-state index in [2.05, 4.69) is 48.5 Å². The summed E-state index contributed by atoms with van der Waals surface area (Å²) in [5.74, 6) is 1.23. The lowest BCUT2D eigenvalue weighted by Crippen LogP contribution is -2.52. The van der Waals surface area contributed by atoms with E-state index in [9.17, 15) is 5.11 Å². The highest BCUT2D eigenvalue weighted by Crippen LogP contribution is 2.60. The monoisotopic (exact) mass is 392 g/mol. The molecule has 4 atom stereocenters. The standard InChI is InChI=1S/C25H48N2O/c1-20(2,3)25(27)17-19(25)16-21(4,5)23(26)13-10-18(15-23)14-22(6,7)24(28)11-8-9-12-24/h18-19,28H,8-17,26-27H2,1-7H3. The van der Waals surface area contributed by atoms with Gasteiger partial charge in [0.2, 0.25) is 0 Å². The predicted octanol–water partition coefficient (Wildman–Crippen LogP) is 5.39. The molecule has 164 valence electrons. The first-order valence-corrected chi connectivity index (χ1v) is 11.9. The number of hydrogen-bond donors (Lipinski definition) is 3. The molecular weight excluding hydrogens is 344 g/mol. The molecule has 3 heteroatoms. The van der Waals surface area contributed by atoms with Crippen molar-refractivity contribution in [3.8, 4) is 0 Å². The van der Waals surface area contributed by atoms with Crippen molar-refractivity contribution < 1.29 is 5.11 Å². The van der Waals surface area contributed by atoms with Crippen molar-refractivity contribution in [2.75, 3.05) is 0 Å². The van der Waals surface area contributed by atoms with Crippen molar-refractivity contribution in [1.82, 2.24) is 0 Å². The van der Waals surface area contributed by atoms with E-state index in [0.717, 1.165) is 44.9 Å². The second kappa shape index (κ2) is 6.69. The minimum absolute atomic E-state index is 0.0152. The van der Waals surface area contributed by atoms with E-state index in [-0.39, 0.29) is 27.3 Å². The van der Waals surface area contributed by atoms with Crippen molar-refractivity contribution in [3.63, 3.8) is 0 Å². The minimum Gasteiger partial charge on any atom is -0.389 e. The lowest BCUT2D eigenvalue weighted by atomic mass is 9.65. The number of hydrogen-bond acceptors (Lipinski definition) is 3. The average Bonchev–Trinajstić information content (AvgIpc) is 2.86. The second-order valence-electron chi connectivity index (χ2n) is 13.4. The van der Waals surface area contributed by atoms with Gasteiger partial charge in [0.15, 0.2) is 0 Å². The van der Waals surface area contributed by atoms with Crippen LogP contribution in [0.5, 0.6) is 0 Å². The lowest BCUT2D eigenvalue weighted by molar-refractivity contribution is -0.0728. The van der Waals surface area contributed by atoms with E-state index in [0.29, 0.717) is 11.8 Å². The molecule has 0 spiro atoms. The van der Waals surface area contributed by atoms with Gasteiger partial charge in [-0.3, -0.25) is 0 Å². The molecule has 3 saturated carbocycles. The number of rotatable bonds is 6. The number of aliphatic hydroxyl groups is 1. The van der Waals surface area contributed by atoms with E-state index in [1.165, 1.54) is 19.3 Å². The normalized spacial score (nSPS) is 38.8. The predicted molar refractivity (Wildman–Crippen MR) is 119 cm³/mol. The molecule has 3 fully saturated rings. The summed E-state index contributed by atoms with van der Waals surface area (Å²) in [6.45, 7) is 16.2. The first-order valence-electron chi connectivity index (χ1n) is 11.9. The van der Waals surface area contributed by atoms with Gasteiger partial charge in [-0.25, -0.2) is 0 Å². The largest absolute Gasteiger partial charge is 0.389 e. The molecule has 0 aromatic heterocycles. The van der Waals surface area contributed by atoms with Crippen LogP contribution >= 0.6 is 0 Å². The molecule has 3 aliphatic carbocycles. The Balaban J connectivity index is 1.63. The van der Waals surface area contributed by atoms with Crippen LogP contribution < -0.4 is 11.5 Å². The van der Waals surface area contributed by atoms with E-state index in [1.54, 1.807) is 0 Å². The molecule has 0 heterocycles. The molecule has 0 aromatic rings. The fourth-order valence-electron chi connectivity index (χ4n) is 6.86.